The standard InChI is InChI=1S/C32H32N2/c1-25(2)14-12-13-15-26-22-30(26)31-23-34(24-33-31)32(27-16-6-3-7-17-27,28-18-8-4-9-19-28)29-20-10-5-11-21-29/h3-11,16-21,23-26,30H,12,14,22H2,1-2H3. The van der Waals surface area contributed by atoms with E-state index in [1.807, 2.05) is 6.33 Å². The van der Waals surface area contributed by atoms with E-state index in [9.17, 15) is 0 Å². The van der Waals surface area contributed by atoms with E-state index in [-0.39, 0.29) is 0 Å². The Bertz CT molecular complexity index is 1160. The quantitative estimate of drug-likeness (QED) is 0.216. The van der Waals surface area contributed by atoms with E-state index in [0.717, 1.165) is 18.5 Å². The Morgan fingerprint density at radius 3 is 1.88 bits per heavy atom. The van der Waals surface area contributed by atoms with E-state index in [2.05, 4.69) is 127 Å². The van der Waals surface area contributed by atoms with Crippen molar-refractivity contribution in [3.63, 3.8) is 0 Å². The highest BCUT2D eigenvalue weighted by molar-refractivity contribution is 5.51. The first-order chi connectivity index (χ1) is 16.7. The molecular formula is C32H32N2. The van der Waals surface area contributed by atoms with Crippen LogP contribution in [0.2, 0.25) is 0 Å². The van der Waals surface area contributed by atoms with Crippen molar-refractivity contribution >= 4 is 0 Å². The summed E-state index contributed by atoms with van der Waals surface area (Å²) in [7, 11) is 0. The van der Waals surface area contributed by atoms with Gasteiger partial charge in [0, 0.05) is 24.5 Å². The summed E-state index contributed by atoms with van der Waals surface area (Å²) < 4.78 is 2.31. The molecule has 5 rings (SSSR count). The van der Waals surface area contributed by atoms with Crippen LogP contribution in [0.25, 0.3) is 0 Å². The molecule has 0 spiro atoms. The molecule has 1 heterocycles. The molecule has 34 heavy (non-hydrogen) atoms. The highest BCUT2D eigenvalue weighted by Gasteiger charge is 2.42. The first-order valence-electron chi connectivity index (χ1n) is 12.4. The lowest BCUT2D eigenvalue weighted by molar-refractivity contribution is 0.514. The summed E-state index contributed by atoms with van der Waals surface area (Å²) in [6.07, 6.45) is 7.55. The predicted octanol–water partition coefficient (Wildman–Crippen LogP) is 7.27. The van der Waals surface area contributed by atoms with E-state index >= 15 is 0 Å². The molecule has 2 atom stereocenters. The SMILES string of the molecule is CC(C)CCC#CC1CC1c1cn(C(c2ccccc2)(c2ccccc2)c2ccccc2)cn1. The molecule has 0 N–H and O–H groups in total. The summed E-state index contributed by atoms with van der Waals surface area (Å²) in [5, 5.41) is 0. The highest BCUT2D eigenvalue weighted by Crippen LogP contribution is 2.48. The molecule has 1 aliphatic carbocycles. The van der Waals surface area contributed by atoms with E-state index in [1.54, 1.807) is 0 Å². The number of rotatable bonds is 7. The van der Waals surface area contributed by atoms with Gasteiger partial charge in [-0.2, -0.15) is 0 Å². The van der Waals surface area contributed by atoms with Gasteiger partial charge in [-0.1, -0.05) is 111 Å². The normalized spacial score (nSPS) is 17.3. The Hall–Kier alpha value is -3.57. The average molecular weight is 445 g/mol. The van der Waals surface area contributed by atoms with Crippen LogP contribution in [0.5, 0.6) is 0 Å². The fourth-order valence-corrected chi connectivity index (χ4v) is 4.94. The maximum absolute atomic E-state index is 4.92. The number of nitrogens with zero attached hydrogens (tertiary/aromatic N) is 2. The molecule has 2 unspecified atom stereocenters. The Balaban J connectivity index is 1.56. The summed E-state index contributed by atoms with van der Waals surface area (Å²) in [6, 6.07) is 32.3. The van der Waals surface area contributed by atoms with Gasteiger partial charge in [0.25, 0.3) is 0 Å². The van der Waals surface area contributed by atoms with Crippen molar-refractivity contribution in [2.75, 3.05) is 0 Å². The maximum atomic E-state index is 4.92. The molecule has 170 valence electrons. The monoisotopic (exact) mass is 444 g/mol. The number of hydrogen-bond acceptors (Lipinski definition) is 1. The zero-order valence-electron chi connectivity index (χ0n) is 20.1. The van der Waals surface area contributed by atoms with Crippen LogP contribution in [0.1, 0.15) is 61.4 Å². The summed E-state index contributed by atoms with van der Waals surface area (Å²) in [4.78, 5) is 4.92. The second-order valence-electron chi connectivity index (χ2n) is 9.72. The average Bonchev–Trinajstić information content (AvgIpc) is 3.49. The molecule has 0 bridgehead atoms. The topological polar surface area (TPSA) is 17.8 Å². The Morgan fingerprint density at radius 1 is 0.853 bits per heavy atom. The molecular weight excluding hydrogens is 412 g/mol. The third-order valence-corrected chi connectivity index (χ3v) is 6.87. The van der Waals surface area contributed by atoms with Gasteiger partial charge in [0.2, 0.25) is 0 Å². The Labute approximate surface area is 203 Å². The van der Waals surface area contributed by atoms with Crippen LogP contribution in [-0.4, -0.2) is 9.55 Å². The molecule has 2 heteroatoms. The van der Waals surface area contributed by atoms with E-state index in [0.29, 0.717) is 17.8 Å². The zero-order valence-corrected chi connectivity index (χ0v) is 20.1. The number of imidazole rings is 1. The number of benzene rings is 3. The van der Waals surface area contributed by atoms with Crippen LogP contribution in [-0.2, 0) is 5.54 Å². The summed E-state index contributed by atoms with van der Waals surface area (Å²) >= 11 is 0. The largest absolute Gasteiger partial charge is 0.319 e. The molecule has 1 saturated carbocycles. The van der Waals surface area contributed by atoms with Gasteiger partial charge in [0.05, 0.1) is 12.0 Å². The van der Waals surface area contributed by atoms with Gasteiger partial charge in [-0.15, -0.1) is 5.92 Å². The molecule has 1 aliphatic rings. The highest BCUT2D eigenvalue weighted by atomic mass is 15.1. The van der Waals surface area contributed by atoms with Crippen molar-refractivity contribution < 1.29 is 0 Å². The van der Waals surface area contributed by atoms with E-state index < -0.39 is 5.54 Å². The van der Waals surface area contributed by atoms with Crippen LogP contribution in [0, 0.1) is 23.7 Å². The van der Waals surface area contributed by atoms with E-state index in [4.69, 9.17) is 4.98 Å². The van der Waals surface area contributed by atoms with Gasteiger partial charge in [-0.3, -0.25) is 0 Å². The van der Waals surface area contributed by atoms with Gasteiger partial charge in [-0.05, 0) is 35.4 Å². The summed E-state index contributed by atoms with van der Waals surface area (Å²) in [5.74, 6) is 8.50. The summed E-state index contributed by atoms with van der Waals surface area (Å²) in [6.45, 7) is 4.51. The molecule has 1 fully saturated rings. The van der Waals surface area contributed by atoms with Crippen LogP contribution in [0.3, 0.4) is 0 Å². The fourth-order valence-electron chi connectivity index (χ4n) is 4.94. The van der Waals surface area contributed by atoms with Crippen molar-refractivity contribution in [2.24, 2.45) is 11.8 Å². The molecule has 0 aliphatic heterocycles. The summed E-state index contributed by atoms with van der Waals surface area (Å²) in [5.41, 5.74) is 4.31. The minimum Gasteiger partial charge on any atom is -0.319 e. The minimum atomic E-state index is -0.498. The second kappa shape index (κ2) is 9.74. The Morgan fingerprint density at radius 2 is 1.38 bits per heavy atom. The number of hydrogen-bond donors (Lipinski definition) is 0. The van der Waals surface area contributed by atoms with Crippen LogP contribution < -0.4 is 0 Å². The molecule has 4 aromatic rings. The first-order valence-corrected chi connectivity index (χ1v) is 12.4. The zero-order chi connectivity index (χ0) is 23.4. The van der Waals surface area contributed by atoms with Gasteiger partial charge in [-0.25, -0.2) is 4.98 Å². The van der Waals surface area contributed by atoms with Gasteiger partial charge in [0.1, 0.15) is 5.54 Å². The molecule has 0 radical (unpaired) electrons. The molecule has 0 saturated heterocycles. The van der Waals surface area contributed by atoms with Crippen LogP contribution in [0.15, 0.2) is 104 Å². The van der Waals surface area contributed by atoms with Crippen molar-refractivity contribution in [1.29, 1.82) is 0 Å². The molecule has 0 amide bonds. The third-order valence-electron chi connectivity index (χ3n) is 6.87. The molecule has 2 nitrogen and oxygen atoms in total. The first kappa shape index (κ1) is 22.2. The second-order valence-corrected chi connectivity index (χ2v) is 9.72. The third kappa shape index (κ3) is 4.31. The van der Waals surface area contributed by atoms with Gasteiger partial charge >= 0.3 is 0 Å². The maximum Gasteiger partial charge on any atom is 0.121 e. The molecule has 1 aromatic heterocycles. The van der Waals surface area contributed by atoms with Gasteiger partial charge < -0.3 is 4.57 Å². The van der Waals surface area contributed by atoms with Crippen molar-refractivity contribution in [1.82, 2.24) is 9.55 Å². The van der Waals surface area contributed by atoms with E-state index in [1.165, 1.54) is 23.1 Å². The van der Waals surface area contributed by atoms with Crippen molar-refractivity contribution in [3.8, 4) is 11.8 Å². The Kier molecular flexibility index (Phi) is 6.37. The van der Waals surface area contributed by atoms with Crippen LogP contribution >= 0.6 is 0 Å². The minimum absolute atomic E-state index is 0.438. The van der Waals surface area contributed by atoms with Crippen molar-refractivity contribution in [2.45, 2.75) is 44.6 Å². The van der Waals surface area contributed by atoms with Crippen LogP contribution in [0.4, 0.5) is 0 Å². The van der Waals surface area contributed by atoms with Crippen molar-refractivity contribution in [3.05, 3.63) is 126 Å². The smallest absolute Gasteiger partial charge is 0.121 e. The lowest BCUT2D eigenvalue weighted by atomic mass is 9.77. The number of aromatic nitrogens is 2. The lowest BCUT2D eigenvalue weighted by Gasteiger charge is -2.37. The lowest BCUT2D eigenvalue weighted by Crippen LogP contribution is -2.36. The predicted molar refractivity (Wildman–Crippen MR) is 140 cm³/mol. The molecule has 3 aromatic carbocycles. The fraction of sp³-hybridized carbons (Fsp3) is 0.281. The van der Waals surface area contributed by atoms with Gasteiger partial charge in [0.15, 0.2) is 0 Å².